The van der Waals surface area contributed by atoms with E-state index in [2.05, 4.69) is 22.4 Å². The fraction of sp³-hybridized carbons (Fsp3) is 0.238. The van der Waals surface area contributed by atoms with Gasteiger partial charge in [0.1, 0.15) is 5.82 Å². The van der Waals surface area contributed by atoms with Crippen molar-refractivity contribution < 1.29 is 4.79 Å². The van der Waals surface area contributed by atoms with Crippen molar-refractivity contribution in [2.45, 2.75) is 31.4 Å². The van der Waals surface area contributed by atoms with E-state index in [-0.39, 0.29) is 11.2 Å². The number of hydrogen-bond donors (Lipinski definition) is 1. The number of aryl methyl sites for hydroxylation is 1. The van der Waals surface area contributed by atoms with Crippen LogP contribution < -0.4 is 5.32 Å². The van der Waals surface area contributed by atoms with Crippen LogP contribution in [-0.2, 0) is 17.1 Å². The van der Waals surface area contributed by atoms with Gasteiger partial charge in [-0.05, 0) is 31.0 Å². The van der Waals surface area contributed by atoms with Crippen molar-refractivity contribution in [3.63, 3.8) is 0 Å². The van der Waals surface area contributed by atoms with Crippen LogP contribution in [0.1, 0.15) is 23.9 Å². The molecule has 0 fully saturated rings. The van der Waals surface area contributed by atoms with Crippen LogP contribution in [0, 0.1) is 6.92 Å². The van der Waals surface area contributed by atoms with Crippen molar-refractivity contribution in [1.82, 2.24) is 14.9 Å². The van der Waals surface area contributed by atoms with Crippen molar-refractivity contribution in [3.05, 3.63) is 83.9 Å². The van der Waals surface area contributed by atoms with Crippen LogP contribution in [0.4, 0.5) is 0 Å². The van der Waals surface area contributed by atoms with Gasteiger partial charge in [-0.25, -0.2) is 4.98 Å². The molecule has 0 aliphatic carbocycles. The smallest absolute Gasteiger partial charge is 0.233 e. The van der Waals surface area contributed by atoms with Gasteiger partial charge in [0.25, 0.3) is 0 Å². The first-order valence-electron chi connectivity index (χ1n) is 8.66. The van der Waals surface area contributed by atoms with Gasteiger partial charge in [0.05, 0.1) is 10.9 Å². The first kappa shape index (κ1) is 18.3. The lowest BCUT2D eigenvalue weighted by molar-refractivity contribution is -0.120. The number of hydrogen-bond acceptors (Lipinski definition) is 3. The van der Waals surface area contributed by atoms with Crippen molar-refractivity contribution in [1.29, 1.82) is 0 Å². The largest absolute Gasteiger partial charge is 0.351 e. The number of carbonyl (C=O) groups excluding carboxylic acids is 1. The molecule has 1 N–H and O–H groups in total. The van der Waals surface area contributed by atoms with Crippen LogP contribution in [0.2, 0.25) is 0 Å². The Bertz CT molecular complexity index is 860. The summed E-state index contributed by atoms with van der Waals surface area (Å²) in [5, 5.41) is 2.96. The maximum absolute atomic E-state index is 12.5. The molecule has 1 heterocycles. The number of nitrogens with zero attached hydrogens (tertiary/aromatic N) is 2. The number of imidazole rings is 1. The fourth-order valence-corrected chi connectivity index (χ4v) is 3.59. The zero-order valence-electron chi connectivity index (χ0n) is 15.1. The quantitative estimate of drug-likeness (QED) is 0.685. The Balaban J connectivity index is 1.59. The van der Waals surface area contributed by atoms with Gasteiger partial charge >= 0.3 is 0 Å². The summed E-state index contributed by atoms with van der Waals surface area (Å²) in [5.41, 5.74) is 3.35. The predicted octanol–water partition coefficient (Wildman–Crippen LogP) is 4.12. The number of benzene rings is 2. The second kappa shape index (κ2) is 8.72. The molecule has 4 nitrogen and oxygen atoms in total. The molecule has 3 rings (SSSR count). The second-order valence-corrected chi connectivity index (χ2v) is 7.46. The summed E-state index contributed by atoms with van der Waals surface area (Å²) >= 11 is 1.65. The number of rotatable bonds is 7. The average molecular weight is 366 g/mol. The molecule has 0 aliphatic rings. The van der Waals surface area contributed by atoms with Crippen LogP contribution in [0.25, 0.3) is 5.69 Å². The molecule has 0 saturated carbocycles. The minimum Gasteiger partial charge on any atom is -0.351 e. The Morgan fingerprint density at radius 2 is 1.88 bits per heavy atom. The van der Waals surface area contributed by atoms with Gasteiger partial charge in [-0.3, -0.25) is 4.79 Å². The normalized spacial score (nSPS) is 11.9. The molecule has 134 valence electrons. The number of carbonyl (C=O) groups is 1. The summed E-state index contributed by atoms with van der Waals surface area (Å²) in [6, 6.07) is 18.3. The van der Waals surface area contributed by atoms with Crippen LogP contribution in [0.3, 0.4) is 0 Å². The summed E-state index contributed by atoms with van der Waals surface area (Å²) in [7, 11) is 0. The van der Waals surface area contributed by atoms with Gasteiger partial charge in [-0.15, -0.1) is 11.8 Å². The molecule has 3 aromatic rings. The maximum Gasteiger partial charge on any atom is 0.233 e. The van der Waals surface area contributed by atoms with Gasteiger partial charge < -0.3 is 9.88 Å². The van der Waals surface area contributed by atoms with E-state index in [1.165, 1.54) is 5.56 Å². The zero-order chi connectivity index (χ0) is 18.4. The topological polar surface area (TPSA) is 46.9 Å². The third-order valence-corrected chi connectivity index (χ3v) is 5.46. The fourth-order valence-electron chi connectivity index (χ4n) is 2.73. The van der Waals surface area contributed by atoms with E-state index in [4.69, 9.17) is 0 Å². The second-order valence-electron chi connectivity index (χ2n) is 6.13. The Hall–Kier alpha value is -2.53. The Kier molecular flexibility index (Phi) is 6.12. The summed E-state index contributed by atoms with van der Waals surface area (Å²) in [5.74, 6) is 1.82. The minimum absolute atomic E-state index is 0.0584. The number of para-hydroxylation sites is 1. The zero-order valence-corrected chi connectivity index (χ0v) is 15.9. The number of thioether (sulfide) groups is 1. The highest BCUT2D eigenvalue weighted by molar-refractivity contribution is 7.99. The van der Waals surface area contributed by atoms with Crippen LogP contribution in [0.15, 0.2) is 67.0 Å². The summed E-state index contributed by atoms with van der Waals surface area (Å²) < 4.78 is 2.04. The van der Waals surface area contributed by atoms with Crippen LogP contribution in [0.5, 0.6) is 0 Å². The summed E-state index contributed by atoms with van der Waals surface area (Å²) in [6.07, 6.45) is 3.72. The van der Waals surface area contributed by atoms with Gasteiger partial charge in [0, 0.05) is 24.7 Å². The Morgan fingerprint density at radius 3 is 2.62 bits per heavy atom. The van der Waals surface area contributed by atoms with E-state index in [1.807, 2.05) is 67.1 Å². The van der Waals surface area contributed by atoms with Crippen molar-refractivity contribution >= 4 is 17.7 Å². The first-order chi connectivity index (χ1) is 12.6. The molecule has 26 heavy (non-hydrogen) atoms. The van der Waals surface area contributed by atoms with Crippen molar-refractivity contribution in [2.24, 2.45) is 0 Å². The van der Waals surface area contributed by atoms with E-state index in [0.29, 0.717) is 6.54 Å². The molecule has 0 unspecified atom stereocenters. The lowest BCUT2D eigenvalue weighted by Gasteiger charge is -2.15. The highest BCUT2D eigenvalue weighted by Crippen LogP contribution is 2.19. The van der Waals surface area contributed by atoms with E-state index < -0.39 is 0 Å². The Morgan fingerprint density at radius 1 is 1.15 bits per heavy atom. The summed E-state index contributed by atoms with van der Waals surface area (Å²) in [4.78, 5) is 16.7. The molecule has 0 spiro atoms. The SMILES string of the molecule is Cc1nccn1-c1ccccc1CNC(=O)[C@H](C)SCc1ccccc1. The van der Waals surface area contributed by atoms with Gasteiger partial charge in [-0.2, -0.15) is 0 Å². The molecule has 5 heteroatoms. The molecule has 0 bridgehead atoms. The summed E-state index contributed by atoms with van der Waals surface area (Å²) in [6.45, 7) is 4.43. The average Bonchev–Trinajstić information content (AvgIpc) is 3.11. The molecule has 0 radical (unpaired) electrons. The molecule has 1 atom stereocenters. The third kappa shape index (κ3) is 4.55. The van der Waals surface area contributed by atoms with Gasteiger partial charge in [-0.1, -0.05) is 48.5 Å². The monoisotopic (exact) mass is 365 g/mol. The van der Waals surface area contributed by atoms with E-state index in [0.717, 1.165) is 22.8 Å². The lowest BCUT2D eigenvalue weighted by Crippen LogP contribution is -2.30. The highest BCUT2D eigenvalue weighted by atomic mass is 32.2. The molecular weight excluding hydrogens is 342 g/mol. The minimum atomic E-state index is -0.0997. The maximum atomic E-state index is 12.5. The van der Waals surface area contributed by atoms with E-state index >= 15 is 0 Å². The lowest BCUT2D eigenvalue weighted by atomic mass is 10.1. The number of aromatic nitrogens is 2. The first-order valence-corrected chi connectivity index (χ1v) is 9.71. The number of nitrogens with one attached hydrogen (secondary N) is 1. The van der Waals surface area contributed by atoms with E-state index in [9.17, 15) is 4.79 Å². The number of amides is 1. The third-order valence-electron chi connectivity index (χ3n) is 4.24. The highest BCUT2D eigenvalue weighted by Gasteiger charge is 2.14. The van der Waals surface area contributed by atoms with E-state index in [1.54, 1.807) is 18.0 Å². The standard InChI is InChI=1S/C21H23N3OS/c1-16(26-15-18-8-4-3-5-9-18)21(25)23-14-19-10-6-7-11-20(19)24-13-12-22-17(24)2/h3-13,16H,14-15H2,1-2H3,(H,23,25)/t16-/m0/s1. The molecular formula is C21H23N3OS. The molecule has 1 amide bonds. The van der Waals surface area contributed by atoms with Crippen LogP contribution >= 0.6 is 11.8 Å². The van der Waals surface area contributed by atoms with Gasteiger partial charge in [0.2, 0.25) is 5.91 Å². The molecule has 1 aromatic heterocycles. The van der Waals surface area contributed by atoms with Crippen molar-refractivity contribution in [3.8, 4) is 5.69 Å². The van der Waals surface area contributed by atoms with Crippen LogP contribution in [-0.4, -0.2) is 20.7 Å². The predicted molar refractivity (Wildman–Crippen MR) is 107 cm³/mol. The Labute approximate surface area is 158 Å². The van der Waals surface area contributed by atoms with Crippen molar-refractivity contribution in [2.75, 3.05) is 0 Å². The molecule has 0 saturated heterocycles. The van der Waals surface area contributed by atoms with Gasteiger partial charge in [0.15, 0.2) is 0 Å². The molecule has 0 aliphatic heterocycles. The molecule has 2 aromatic carbocycles.